The predicted octanol–water partition coefficient (Wildman–Crippen LogP) is 24.4. The maximum Gasteiger partial charge on any atom is 0.166 e. The second-order valence-corrected chi connectivity index (χ2v) is 36.6. The van der Waals surface area contributed by atoms with Crippen LogP contribution in [0.2, 0.25) is 0 Å². The van der Waals surface area contributed by atoms with Gasteiger partial charge in [-0.15, -0.1) is 0 Å². The van der Waals surface area contributed by atoms with E-state index in [2.05, 4.69) is 342 Å². The monoisotopic (exact) mass is 1270 g/mol. The summed E-state index contributed by atoms with van der Waals surface area (Å²) in [5, 5.41) is 2.36. The minimum absolute atomic E-state index is 0.123. The molecule has 0 bridgehead atoms. The van der Waals surface area contributed by atoms with Crippen LogP contribution in [0.15, 0.2) is 158 Å². The molecular weight excluding hydrogens is 1170 g/mol. The Hall–Kier alpha value is -8.35. The number of rotatable bonds is 7. The minimum atomic E-state index is -0.243. The summed E-state index contributed by atoms with van der Waals surface area (Å²) in [4.78, 5) is 28.9. The van der Waals surface area contributed by atoms with Crippen LogP contribution in [0.25, 0.3) is 107 Å². The van der Waals surface area contributed by atoms with E-state index in [0.29, 0.717) is 23.3 Å². The molecule has 8 aromatic carbocycles. The van der Waals surface area contributed by atoms with Gasteiger partial charge in [-0.2, -0.15) is 0 Å². The second-order valence-electron chi connectivity index (χ2n) is 36.6. The molecule has 1 aliphatic carbocycles. The van der Waals surface area contributed by atoms with E-state index in [1.54, 1.807) is 0 Å². The fourth-order valence-electron chi connectivity index (χ4n) is 13.6. The molecule has 0 unspecified atom stereocenters. The number of benzene rings is 8. The smallest absolute Gasteiger partial charge is 0.166 e. The van der Waals surface area contributed by atoms with Crippen LogP contribution in [0.4, 0.5) is 0 Å². The van der Waals surface area contributed by atoms with Gasteiger partial charge in [0.25, 0.3) is 0 Å². The van der Waals surface area contributed by atoms with Gasteiger partial charge in [-0.1, -0.05) is 247 Å². The number of hydrogen-bond donors (Lipinski definition) is 0. The first kappa shape index (κ1) is 67.6. The summed E-state index contributed by atoms with van der Waals surface area (Å²) in [6, 6.07) is 60.1. The van der Waals surface area contributed by atoms with Crippen molar-refractivity contribution in [3.8, 4) is 84.9 Å². The van der Waals surface area contributed by atoms with Crippen LogP contribution in [-0.4, -0.2) is 29.5 Å². The number of nitrogens with zero attached hydrogens (tertiary/aromatic N) is 6. The molecule has 96 heavy (non-hydrogen) atoms. The highest BCUT2D eigenvalue weighted by atomic mass is 15.1. The Bertz CT molecular complexity index is 4590. The lowest BCUT2D eigenvalue weighted by Gasteiger charge is -2.27. The Morgan fingerprint density at radius 1 is 0.260 bits per heavy atom. The SMILES string of the molecule is CC(C)(C)c1cc(-c2cc(-c3cc(C(C)(C)C)cc(C(C)(C)C)c3)nc(-c3ccc(-n4c5ccccc5c5cc6c(cc54)C(C)(C)c4ccccc4-6)c(-c4nc(-c5cc(C(C)(C)C)cc(C(C)(C)C)c5)nc(-c5cc(C(C)(C)C)cc(C(C)(C)C)c5)n4)c3)n2)cc(C(C)(C)C)c1. The molecule has 6 nitrogen and oxygen atoms in total. The lowest BCUT2D eigenvalue weighted by molar-refractivity contribution is 0.568. The molecule has 6 heteroatoms. The number of aromatic nitrogens is 6. The van der Waals surface area contributed by atoms with Crippen molar-refractivity contribution in [1.29, 1.82) is 0 Å². The Morgan fingerprint density at radius 2 is 0.625 bits per heavy atom. The molecule has 1 aliphatic rings. The van der Waals surface area contributed by atoms with Crippen molar-refractivity contribution in [3.63, 3.8) is 0 Å². The van der Waals surface area contributed by atoms with Gasteiger partial charge >= 0.3 is 0 Å². The zero-order valence-electron chi connectivity index (χ0n) is 62.7. The zero-order valence-corrected chi connectivity index (χ0v) is 62.7. The number of para-hydroxylation sites is 1. The molecule has 0 saturated heterocycles. The van der Waals surface area contributed by atoms with Crippen molar-refractivity contribution in [2.75, 3.05) is 0 Å². The summed E-state index contributed by atoms with van der Waals surface area (Å²) in [6.45, 7) is 60.0. The molecule has 0 radical (unpaired) electrons. The molecule has 0 aliphatic heterocycles. The van der Waals surface area contributed by atoms with Gasteiger partial charge in [0.15, 0.2) is 23.3 Å². The van der Waals surface area contributed by atoms with Gasteiger partial charge in [0.05, 0.1) is 28.1 Å². The first-order valence-electron chi connectivity index (χ1n) is 35.0. The summed E-state index contributed by atoms with van der Waals surface area (Å²) in [7, 11) is 0. The molecule has 12 rings (SSSR count). The summed E-state index contributed by atoms with van der Waals surface area (Å²) in [5.41, 5.74) is 24.4. The minimum Gasteiger partial charge on any atom is -0.308 e. The molecular formula is C90H104N6. The highest BCUT2D eigenvalue weighted by molar-refractivity contribution is 6.12. The van der Waals surface area contributed by atoms with Crippen LogP contribution in [0.1, 0.15) is 236 Å². The molecule has 11 aromatic rings. The molecule has 3 heterocycles. The van der Waals surface area contributed by atoms with E-state index in [-0.39, 0.29) is 48.7 Å². The zero-order chi connectivity index (χ0) is 69.7. The van der Waals surface area contributed by atoms with E-state index in [9.17, 15) is 0 Å². The summed E-state index contributed by atoms with van der Waals surface area (Å²) in [5.74, 6) is 2.40. The molecule has 0 fully saturated rings. The Kier molecular flexibility index (Phi) is 16.1. The fraction of sp³-hybridized carbons (Fsp3) is 0.389. The van der Waals surface area contributed by atoms with E-state index in [0.717, 1.165) is 61.5 Å². The van der Waals surface area contributed by atoms with Crippen LogP contribution in [0, 0.1) is 0 Å². The van der Waals surface area contributed by atoms with Crippen LogP contribution >= 0.6 is 0 Å². The molecule has 0 spiro atoms. The largest absolute Gasteiger partial charge is 0.308 e. The number of hydrogen-bond acceptors (Lipinski definition) is 5. The van der Waals surface area contributed by atoms with Crippen LogP contribution < -0.4 is 0 Å². The second kappa shape index (κ2) is 22.9. The predicted molar refractivity (Wildman–Crippen MR) is 410 cm³/mol. The third-order valence-corrected chi connectivity index (χ3v) is 20.2. The lowest BCUT2D eigenvalue weighted by Crippen LogP contribution is -2.17. The third kappa shape index (κ3) is 12.8. The first-order valence-corrected chi connectivity index (χ1v) is 35.0. The van der Waals surface area contributed by atoms with E-state index in [4.69, 9.17) is 24.9 Å². The maximum absolute atomic E-state index is 5.85. The normalized spacial score (nSPS) is 14.0. The van der Waals surface area contributed by atoms with E-state index in [1.165, 1.54) is 77.5 Å². The highest BCUT2D eigenvalue weighted by Gasteiger charge is 2.37. The van der Waals surface area contributed by atoms with Gasteiger partial charge in [-0.25, -0.2) is 24.9 Å². The Labute approximate surface area is 575 Å². The Balaban J connectivity index is 1.24. The lowest BCUT2D eigenvalue weighted by atomic mass is 9.79. The van der Waals surface area contributed by atoms with Crippen molar-refractivity contribution in [1.82, 2.24) is 29.5 Å². The van der Waals surface area contributed by atoms with Crippen LogP contribution in [0.5, 0.6) is 0 Å². The fourth-order valence-corrected chi connectivity index (χ4v) is 13.6. The summed E-state index contributed by atoms with van der Waals surface area (Å²) in [6.07, 6.45) is 0. The van der Waals surface area contributed by atoms with Crippen molar-refractivity contribution < 1.29 is 0 Å². The molecule has 0 N–H and O–H groups in total. The van der Waals surface area contributed by atoms with Crippen molar-refractivity contribution >= 4 is 21.8 Å². The molecule has 0 amide bonds. The average molecular weight is 1270 g/mol. The maximum atomic E-state index is 5.85. The summed E-state index contributed by atoms with van der Waals surface area (Å²) >= 11 is 0. The Morgan fingerprint density at radius 3 is 1.04 bits per heavy atom. The molecule has 0 atom stereocenters. The van der Waals surface area contributed by atoms with Crippen molar-refractivity contribution in [3.05, 3.63) is 213 Å². The van der Waals surface area contributed by atoms with Gasteiger partial charge in [0, 0.05) is 49.6 Å². The molecule has 0 saturated carbocycles. The van der Waals surface area contributed by atoms with E-state index < -0.39 is 0 Å². The van der Waals surface area contributed by atoms with E-state index in [1.807, 2.05) is 0 Å². The van der Waals surface area contributed by atoms with Crippen LogP contribution in [0.3, 0.4) is 0 Å². The summed E-state index contributed by atoms with van der Waals surface area (Å²) < 4.78 is 2.48. The quantitative estimate of drug-likeness (QED) is 0.159. The number of fused-ring (bicyclic) bond motifs is 6. The van der Waals surface area contributed by atoms with E-state index >= 15 is 0 Å². The van der Waals surface area contributed by atoms with Gasteiger partial charge in [-0.3, -0.25) is 0 Å². The van der Waals surface area contributed by atoms with Gasteiger partial charge in [-0.05, 0) is 201 Å². The van der Waals surface area contributed by atoms with Gasteiger partial charge in [0.1, 0.15) is 0 Å². The van der Waals surface area contributed by atoms with Gasteiger partial charge in [0.2, 0.25) is 0 Å². The average Bonchev–Trinajstić information content (AvgIpc) is 1.54. The van der Waals surface area contributed by atoms with Crippen molar-refractivity contribution in [2.45, 2.75) is 229 Å². The van der Waals surface area contributed by atoms with Crippen LogP contribution in [-0.2, 0) is 48.7 Å². The van der Waals surface area contributed by atoms with Crippen molar-refractivity contribution in [2.24, 2.45) is 0 Å². The molecule has 494 valence electrons. The first-order chi connectivity index (χ1) is 44.3. The molecule has 3 aromatic heterocycles. The third-order valence-electron chi connectivity index (χ3n) is 20.2. The topological polar surface area (TPSA) is 69.4 Å². The van der Waals surface area contributed by atoms with Gasteiger partial charge < -0.3 is 4.57 Å². The highest BCUT2D eigenvalue weighted by Crippen LogP contribution is 2.52. The standard InChI is InChI=1S/C90H104N6/c1-82(2,3)58-37-54(38-59(46-58)83(4,5)6)73-52-74(55-39-60(84(7,8)9)47-61(40-55)85(10,11)12)92-78(91-73)53-35-36-76(96-75-34-30-28-32-67(75)69-50-68-66-31-27-29-33-71(66)90(25,26)72(68)51-77(69)96)70(45-53)81-94-79(56-41-62(86(13,14)15)48-63(42-56)87(16,17)18)93-80(95-81)57-43-64(88(19,20)21)49-65(44-57)89(22,23)24/h27-52H,1-26H3.